The molecule has 0 atom stereocenters. The van der Waals surface area contributed by atoms with E-state index in [1.165, 1.54) is 11.3 Å². The van der Waals surface area contributed by atoms with Crippen LogP contribution in [0.4, 0.5) is 17.1 Å². The summed E-state index contributed by atoms with van der Waals surface area (Å²) in [5.74, 6) is 0. The maximum absolute atomic E-state index is 9.69. The van der Waals surface area contributed by atoms with E-state index < -0.39 is 7.12 Å². The van der Waals surface area contributed by atoms with Crippen molar-refractivity contribution in [2.24, 2.45) is 0 Å². The third-order valence-corrected chi connectivity index (χ3v) is 5.96. The summed E-state index contributed by atoms with van der Waals surface area (Å²) in [6.07, 6.45) is 0. The smallest absolute Gasteiger partial charge is 0.423 e. The summed E-state index contributed by atoms with van der Waals surface area (Å²) in [4.78, 5) is 2.29. The number of rotatable bonds is 1. The molecule has 3 nitrogen and oxygen atoms in total. The fourth-order valence-corrected chi connectivity index (χ4v) is 4.53. The van der Waals surface area contributed by atoms with E-state index in [9.17, 15) is 10.0 Å². The zero-order valence-corrected chi connectivity index (χ0v) is 15.4. The molecule has 0 saturated heterocycles. The lowest BCUT2D eigenvalue weighted by molar-refractivity contribution is 0.425. The van der Waals surface area contributed by atoms with E-state index >= 15 is 0 Å². The lowest BCUT2D eigenvalue weighted by atomic mass is 9.68. The molecule has 2 N–H and O–H groups in total. The molecule has 0 radical (unpaired) electrons. The van der Waals surface area contributed by atoms with Crippen LogP contribution in [0.3, 0.4) is 0 Å². The molecule has 27 heavy (non-hydrogen) atoms. The Kier molecular flexibility index (Phi) is 3.24. The van der Waals surface area contributed by atoms with E-state index in [4.69, 9.17) is 0 Å². The van der Waals surface area contributed by atoms with Gasteiger partial charge in [-0.1, -0.05) is 69.0 Å². The Morgan fingerprint density at radius 1 is 0.852 bits per heavy atom. The summed E-state index contributed by atoms with van der Waals surface area (Å²) >= 11 is 0. The van der Waals surface area contributed by atoms with Crippen molar-refractivity contribution < 1.29 is 10.0 Å². The van der Waals surface area contributed by atoms with E-state index in [-0.39, 0.29) is 5.41 Å². The van der Waals surface area contributed by atoms with Crippen LogP contribution in [0.25, 0.3) is 5.57 Å². The predicted octanol–water partition coefficient (Wildman–Crippen LogP) is 3.85. The Bertz CT molecular complexity index is 1120. The van der Waals surface area contributed by atoms with Gasteiger partial charge in [-0.2, -0.15) is 0 Å². The number of hydrogen-bond acceptors (Lipinski definition) is 3. The fourth-order valence-electron chi connectivity index (χ4n) is 4.53. The highest BCUT2D eigenvalue weighted by Crippen LogP contribution is 2.57. The molecular weight excluding hydrogens is 333 g/mol. The van der Waals surface area contributed by atoms with Crippen molar-refractivity contribution in [3.8, 4) is 0 Å². The number of fused-ring (bicyclic) bond motifs is 4. The molecule has 0 aliphatic carbocycles. The van der Waals surface area contributed by atoms with E-state index in [0.29, 0.717) is 5.46 Å². The largest absolute Gasteiger partial charge is 0.488 e. The molecule has 5 rings (SSSR count). The molecule has 2 aliphatic heterocycles. The van der Waals surface area contributed by atoms with Crippen molar-refractivity contribution in [3.63, 3.8) is 0 Å². The first-order valence-electron chi connectivity index (χ1n) is 9.14. The highest BCUT2D eigenvalue weighted by Gasteiger charge is 2.41. The van der Waals surface area contributed by atoms with E-state index in [1.807, 2.05) is 24.3 Å². The first kappa shape index (κ1) is 16.4. The fraction of sp³-hybridized carbons (Fsp3) is 0.130. The zero-order chi connectivity index (χ0) is 18.9. The third kappa shape index (κ3) is 2.05. The molecule has 0 amide bonds. The van der Waals surface area contributed by atoms with Gasteiger partial charge in [0.15, 0.2) is 0 Å². The van der Waals surface area contributed by atoms with E-state index in [2.05, 4.69) is 55.7 Å². The second kappa shape index (κ2) is 5.35. The van der Waals surface area contributed by atoms with Gasteiger partial charge in [0.1, 0.15) is 0 Å². The van der Waals surface area contributed by atoms with Crippen LogP contribution in [-0.4, -0.2) is 17.2 Å². The molecule has 0 saturated carbocycles. The number of benzene rings is 3. The molecule has 2 aliphatic rings. The summed E-state index contributed by atoms with van der Waals surface area (Å²) in [5, 5.41) is 19.4. The number of nitrogens with zero attached hydrogens (tertiary/aromatic N) is 1. The van der Waals surface area contributed by atoms with Crippen LogP contribution in [-0.2, 0) is 5.41 Å². The topological polar surface area (TPSA) is 43.7 Å². The highest BCUT2D eigenvalue weighted by molar-refractivity contribution is 6.58. The molecule has 132 valence electrons. The Morgan fingerprint density at radius 3 is 2.37 bits per heavy atom. The quantitative estimate of drug-likeness (QED) is 0.511. The second-order valence-electron chi connectivity index (χ2n) is 7.81. The highest BCUT2D eigenvalue weighted by atomic mass is 16.4. The summed E-state index contributed by atoms with van der Waals surface area (Å²) in [5.41, 5.74) is 9.21. The molecule has 3 aromatic rings. The number of anilines is 3. The van der Waals surface area contributed by atoms with Gasteiger partial charge in [-0.15, -0.1) is 0 Å². The minimum Gasteiger partial charge on any atom is -0.423 e. The average Bonchev–Trinajstić information content (AvgIpc) is 2.67. The third-order valence-electron chi connectivity index (χ3n) is 5.96. The Labute approximate surface area is 159 Å². The van der Waals surface area contributed by atoms with Crippen LogP contribution in [0, 0.1) is 0 Å². The SMILES string of the molecule is C=C1c2ccccc2N2c3ccc(B(O)O)cc3C(C)(C)c3cccc1c32. The maximum atomic E-state index is 9.69. The average molecular weight is 353 g/mol. The van der Waals surface area contributed by atoms with Gasteiger partial charge in [-0.25, -0.2) is 0 Å². The van der Waals surface area contributed by atoms with Crippen molar-refractivity contribution in [1.82, 2.24) is 0 Å². The lowest BCUT2D eigenvalue weighted by Crippen LogP contribution is -2.37. The first-order chi connectivity index (χ1) is 12.9. The maximum Gasteiger partial charge on any atom is 0.488 e. The molecule has 0 fully saturated rings. The van der Waals surface area contributed by atoms with E-state index in [0.717, 1.165) is 33.6 Å². The normalized spacial score (nSPS) is 15.7. The molecule has 4 heteroatoms. The molecular formula is C23H20BNO2. The molecule has 0 unspecified atom stereocenters. The molecule has 3 aromatic carbocycles. The molecule has 0 bridgehead atoms. The van der Waals surface area contributed by atoms with Gasteiger partial charge in [-0.05, 0) is 34.3 Å². The van der Waals surface area contributed by atoms with Crippen LogP contribution in [0.1, 0.15) is 36.1 Å². The summed E-state index contributed by atoms with van der Waals surface area (Å²) < 4.78 is 0. The van der Waals surface area contributed by atoms with E-state index in [1.54, 1.807) is 6.07 Å². The van der Waals surface area contributed by atoms with Crippen molar-refractivity contribution in [2.75, 3.05) is 4.90 Å². The minimum absolute atomic E-state index is 0.269. The van der Waals surface area contributed by atoms with Gasteiger partial charge < -0.3 is 14.9 Å². The molecule has 0 aromatic heterocycles. The van der Waals surface area contributed by atoms with Gasteiger partial charge >= 0.3 is 7.12 Å². The standard InChI is InChI=1S/C23H20BNO2/c1-14-16-7-4-5-10-20(16)25-21-12-11-15(24(26)27)13-19(21)23(2,3)18-9-6-8-17(14)22(18)25/h4-13,26-27H,1H2,2-3H3. The number of para-hydroxylation sites is 2. The Balaban J connectivity index is 1.90. The summed E-state index contributed by atoms with van der Waals surface area (Å²) in [6.45, 7) is 8.76. The van der Waals surface area contributed by atoms with Gasteiger partial charge in [0, 0.05) is 16.5 Å². The van der Waals surface area contributed by atoms with Crippen LogP contribution in [0.2, 0.25) is 0 Å². The predicted molar refractivity (Wildman–Crippen MR) is 111 cm³/mol. The molecule has 2 heterocycles. The lowest BCUT2D eigenvalue weighted by Gasteiger charge is -2.46. The van der Waals surface area contributed by atoms with Gasteiger partial charge in [0.25, 0.3) is 0 Å². The van der Waals surface area contributed by atoms with Gasteiger partial charge in [0.2, 0.25) is 0 Å². The van der Waals surface area contributed by atoms with Crippen molar-refractivity contribution in [2.45, 2.75) is 19.3 Å². The Morgan fingerprint density at radius 2 is 1.59 bits per heavy atom. The van der Waals surface area contributed by atoms with Crippen LogP contribution in [0.5, 0.6) is 0 Å². The van der Waals surface area contributed by atoms with Gasteiger partial charge in [-0.3, -0.25) is 0 Å². The summed E-state index contributed by atoms with van der Waals surface area (Å²) in [6, 6.07) is 20.4. The Hall–Kier alpha value is -2.82. The minimum atomic E-state index is -1.48. The second-order valence-corrected chi connectivity index (χ2v) is 7.81. The first-order valence-corrected chi connectivity index (χ1v) is 9.14. The zero-order valence-electron chi connectivity index (χ0n) is 15.4. The van der Waals surface area contributed by atoms with Crippen molar-refractivity contribution in [3.05, 3.63) is 89.5 Å². The van der Waals surface area contributed by atoms with Crippen molar-refractivity contribution >= 4 is 35.2 Å². The van der Waals surface area contributed by atoms with Crippen LogP contribution < -0.4 is 10.4 Å². The van der Waals surface area contributed by atoms with Gasteiger partial charge in [0.05, 0.1) is 17.1 Å². The van der Waals surface area contributed by atoms with Crippen molar-refractivity contribution in [1.29, 1.82) is 0 Å². The monoisotopic (exact) mass is 353 g/mol. The van der Waals surface area contributed by atoms with Crippen LogP contribution >= 0.6 is 0 Å². The summed E-state index contributed by atoms with van der Waals surface area (Å²) in [7, 11) is -1.48. The van der Waals surface area contributed by atoms with Crippen LogP contribution in [0.15, 0.2) is 67.2 Å². The number of hydrogen-bond donors (Lipinski definition) is 2. The molecule has 0 spiro atoms.